The van der Waals surface area contributed by atoms with Crippen LogP contribution in [0.5, 0.6) is 0 Å². The van der Waals surface area contributed by atoms with E-state index in [-0.39, 0.29) is 23.6 Å². The van der Waals surface area contributed by atoms with Crippen molar-refractivity contribution in [2.45, 2.75) is 64.3 Å². The first-order valence-electron chi connectivity index (χ1n) is 13.1. The zero-order valence-electron chi connectivity index (χ0n) is 20.4. The summed E-state index contributed by atoms with van der Waals surface area (Å²) < 4.78 is 16.3. The number of piperazine rings is 1. The normalized spacial score (nSPS) is 19.5. The number of nitrogens with one attached hydrogen (secondary N) is 1. The fourth-order valence-corrected chi connectivity index (χ4v) is 6.02. The molecule has 1 aromatic carbocycles. The third kappa shape index (κ3) is 5.27. The van der Waals surface area contributed by atoms with E-state index in [4.69, 9.17) is 0 Å². The molecule has 1 amide bonds. The number of benzene rings is 1. The summed E-state index contributed by atoms with van der Waals surface area (Å²) in [4.78, 5) is 44.6. The Morgan fingerprint density at radius 3 is 2.49 bits per heavy atom. The molecule has 0 radical (unpaired) electrons. The van der Waals surface area contributed by atoms with Crippen LogP contribution in [0.3, 0.4) is 0 Å². The summed E-state index contributed by atoms with van der Waals surface area (Å²) in [6.45, 7) is 4.15. The van der Waals surface area contributed by atoms with Crippen molar-refractivity contribution in [1.82, 2.24) is 19.4 Å². The van der Waals surface area contributed by atoms with E-state index >= 15 is 0 Å². The second-order valence-electron chi connectivity index (χ2n) is 10.4. The highest BCUT2D eigenvalue weighted by Gasteiger charge is 2.26. The molecule has 1 aliphatic heterocycles. The number of fused-ring (bicyclic) bond motifs is 1. The van der Waals surface area contributed by atoms with E-state index in [0.29, 0.717) is 37.1 Å². The number of carbonyl (C=O) groups is 1. The standard InChI is InChI=1S/C27H35FN4O3/c28-23-11-10-20(18-32-24-9-5-4-8-21(24)25(33)29-27(32)35)16-22(23)26(34)31-14-12-30(13-15-31)17-19-6-2-1-3-7-19/h10-11,16,19H,1-9,12-15,17-18H2,(H,29,33,35). The average molecular weight is 483 g/mol. The molecule has 188 valence electrons. The largest absolute Gasteiger partial charge is 0.336 e. The van der Waals surface area contributed by atoms with E-state index in [1.54, 1.807) is 21.6 Å². The Morgan fingerprint density at radius 1 is 0.971 bits per heavy atom. The van der Waals surface area contributed by atoms with Crippen molar-refractivity contribution in [1.29, 1.82) is 0 Å². The topological polar surface area (TPSA) is 78.4 Å². The van der Waals surface area contributed by atoms with Crippen molar-refractivity contribution in [3.05, 3.63) is 67.2 Å². The molecule has 2 fully saturated rings. The number of amides is 1. The number of aromatic amines is 1. The molecule has 1 saturated carbocycles. The first kappa shape index (κ1) is 24.0. The third-order valence-electron chi connectivity index (χ3n) is 8.01. The average Bonchev–Trinajstić information content (AvgIpc) is 2.88. The fourth-order valence-electron chi connectivity index (χ4n) is 6.02. The summed E-state index contributed by atoms with van der Waals surface area (Å²) in [5, 5.41) is 0. The van der Waals surface area contributed by atoms with E-state index in [0.717, 1.165) is 44.1 Å². The van der Waals surface area contributed by atoms with Crippen molar-refractivity contribution in [2.24, 2.45) is 5.92 Å². The minimum atomic E-state index is -0.542. The molecule has 0 spiro atoms. The van der Waals surface area contributed by atoms with Gasteiger partial charge in [-0.15, -0.1) is 0 Å². The molecule has 35 heavy (non-hydrogen) atoms. The van der Waals surface area contributed by atoms with Gasteiger partial charge in [0, 0.05) is 44.0 Å². The van der Waals surface area contributed by atoms with E-state index in [2.05, 4.69) is 9.88 Å². The maximum Gasteiger partial charge on any atom is 0.328 e. The fraction of sp³-hybridized carbons (Fsp3) is 0.593. The summed E-state index contributed by atoms with van der Waals surface area (Å²) >= 11 is 0. The summed E-state index contributed by atoms with van der Waals surface area (Å²) in [7, 11) is 0. The molecule has 5 rings (SSSR count). The number of aromatic nitrogens is 2. The van der Waals surface area contributed by atoms with Gasteiger partial charge in [0.1, 0.15) is 5.82 Å². The van der Waals surface area contributed by atoms with E-state index in [1.165, 1.54) is 38.2 Å². The molecule has 0 unspecified atom stereocenters. The lowest BCUT2D eigenvalue weighted by Gasteiger charge is -2.37. The summed E-state index contributed by atoms with van der Waals surface area (Å²) in [5.41, 5.74) is 1.39. The van der Waals surface area contributed by atoms with E-state index in [9.17, 15) is 18.8 Å². The van der Waals surface area contributed by atoms with E-state index < -0.39 is 11.5 Å². The predicted molar refractivity (Wildman–Crippen MR) is 132 cm³/mol. The summed E-state index contributed by atoms with van der Waals surface area (Å²) in [6.07, 6.45) is 9.80. The highest BCUT2D eigenvalue weighted by atomic mass is 19.1. The molecule has 1 saturated heterocycles. The maximum atomic E-state index is 14.7. The van der Waals surface area contributed by atoms with Gasteiger partial charge < -0.3 is 4.90 Å². The van der Waals surface area contributed by atoms with Gasteiger partial charge in [0.25, 0.3) is 11.5 Å². The predicted octanol–water partition coefficient (Wildman–Crippen LogP) is 2.94. The van der Waals surface area contributed by atoms with Crippen molar-refractivity contribution in [3.8, 4) is 0 Å². The second-order valence-corrected chi connectivity index (χ2v) is 10.4. The number of H-pyrrole nitrogens is 1. The number of nitrogens with zero attached hydrogens (tertiary/aromatic N) is 3. The SMILES string of the molecule is O=C(c1cc(Cn2c3c(c(=O)[nH]c2=O)CCCC3)ccc1F)N1CCN(CC2CCCCC2)CC1. The van der Waals surface area contributed by atoms with Crippen molar-refractivity contribution in [2.75, 3.05) is 32.7 Å². The van der Waals surface area contributed by atoms with Gasteiger partial charge in [-0.2, -0.15) is 0 Å². The quantitative estimate of drug-likeness (QED) is 0.711. The maximum absolute atomic E-state index is 14.7. The number of halogens is 1. The summed E-state index contributed by atoms with van der Waals surface area (Å²) in [6, 6.07) is 4.49. The summed E-state index contributed by atoms with van der Waals surface area (Å²) in [5.74, 6) is -0.0704. The Morgan fingerprint density at radius 2 is 1.71 bits per heavy atom. The molecule has 0 atom stereocenters. The Bertz CT molecular complexity index is 1190. The minimum absolute atomic E-state index is 0.0505. The molecule has 2 aromatic rings. The van der Waals surface area contributed by atoms with Crippen LogP contribution in [-0.4, -0.2) is 58.0 Å². The first-order valence-corrected chi connectivity index (χ1v) is 13.1. The van der Waals surface area contributed by atoms with Gasteiger partial charge in [0.05, 0.1) is 12.1 Å². The van der Waals surface area contributed by atoms with Gasteiger partial charge in [-0.3, -0.25) is 24.0 Å². The number of carbonyl (C=O) groups excluding carboxylic acids is 1. The molecule has 1 aromatic heterocycles. The smallest absolute Gasteiger partial charge is 0.328 e. The van der Waals surface area contributed by atoms with Gasteiger partial charge in [0.2, 0.25) is 0 Å². The van der Waals surface area contributed by atoms with Crippen molar-refractivity contribution >= 4 is 5.91 Å². The molecule has 2 aliphatic carbocycles. The second kappa shape index (κ2) is 10.5. The van der Waals surface area contributed by atoms with Crippen LogP contribution in [0.25, 0.3) is 0 Å². The van der Waals surface area contributed by atoms with Gasteiger partial charge in [-0.25, -0.2) is 9.18 Å². The molecule has 8 heteroatoms. The minimum Gasteiger partial charge on any atom is -0.336 e. The van der Waals surface area contributed by atoms with Crippen LogP contribution >= 0.6 is 0 Å². The Hall–Kier alpha value is -2.74. The lowest BCUT2D eigenvalue weighted by molar-refractivity contribution is 0.0601. The van der Waals surface area contributed by atoms with Crippen LogP contribution in [0.4, 0.5) is 4.39 Å². The van der Waals surface area contributed by atoms with Crippen LogP contribution in [-0.2, 0) is 19.4 Å². The zero-order chi connectivity index (χ0) is 24.4. The van der Waals surface area contributed by atoms with Gasteiger partial charge >= 0.3 is 5.69 Å². The van der Waals surface area contributed by atoms with Gasteiger partial charge in [0.15, 0.2) is 0 Å². The lowest BCUT2D eigenvalue weighted by Crippen LogP contribution is -2.50. The number of rotatable bonds is 5. The van der Waals surface area contributed by atoms with E-state index in [1.807, 2.05) is 0 Å². The zero-order valence-corrected chi connectivity index (χ0v) is 20.4. The first-order chi connectivity index (χ1) is 17.0. The molecule has 0 bridgehead atoms. The van der Waals surface area contributed by atoms with Crippen LogP contribution in [0.2, 0.25) is 0 Å². The van der Waals surface area contributed by atoms with Crippen molar-refractivity contribution < 1.29 is 9.18 Å². The van der Waals surface area contributed by atoms with Crippen LogP contribution in [0, 0.1) is 11.7 Å². The van der Waals surface area contributed by atoms with Crippen LogP contribution < -0.4 is 11.2 Å². The number of hydrogen-bond donors (Lipinski definition) is 1. The number of hydrogen-bond acceptors (Lipinski definition) is 4. The Balaban J connectivity index is 1.28. The van der Waals surface area contributed by atoms with Gasteiger partial charge in [-0.05, 0) is 62.1 Å². The molecule has 7 nitrogen and oxygen atoms in total. The third-order valence-corrected chi connectivity index (χ3v) is 8.01. The Kier molecular flexibility index (Phi) is 7.18. The lowest BCUT2D eigenvalue weighted by atomic mass is 9.89. The molecular formula is C27H35FN4O3. The molecule has 2 heterocycles. The monoisotopic (exact) mass is 482 g/mol. The van der Waals surface area contributed by atoms with Crippen LogP contribution in [0.1, 0.15) is 72.1 Å². The van der Waals surface area contributed by atoms with Gasteiger partial charge in [-0.1, -0.05) is 25.3 Å². The molecule has 1 N–H and O–H groups in total. The van der Waals surface area contributed by atoms with Crippen molar-refractivity contribution in [3.63, 3.8) is 0 Å². The highest BCUT2D eigenvalue weighted by Crippen LogP contribution is 2.25. The highest BCUT2D eigenvalue weighted by molar-refractivity contribution is 5.94. The molecule has 3 aliphatic rings. The Labute approximate surface area is 204 Å². The van der Waals surface area contributed by atoms with Crippen LogP contribution in [0.15, 0.2) is 27.8 Å². The molecular weight excluding hydrogens is 447 g/mol.